The molecule has 0 atom stereocenters. The van der Waals surface area contributed by atoms with Gasteiger partial charge in [0.15, 0.2) is 0 Å². The minimum absolute atomic E-state index is 0.125. The molecule has 1 rings (SSSR count). The Labute approximate surface area is 95.6 Å². The van der Waals surface area contributed by atoms with Gasteiger partial charge in [0.1, 0.15) is 5.82 Å². The molecular formula is C10H11F3N2O2. The van der Waals surface area contributed by atoms with Crippen molar-refractivity contribution < 1.29 is 22.7 Å². The predicted molar refractivity (Wildman–Crippen MR) is 52.8 cm³/mol. The van der Waals surface area contributed by atoms with Gasteiger partial charge in [-0.1, -0.05) is 0 Å². The molecule has 94 valence electrons. The zero-order chi connectivity index (χ0) is 13.0. The van der Waals surface area contributed by atoms with Crippen molar-refractivity contribution in [2.24, 2.45) is 5.73 Å². The predicted octanol–water partition coefficient (Wildman–Crippen LogP) is 1.33. The first-order valence-corrected chi connectivity index (χ1v) is 4.72. The fourth-order valence-corrected chi connectivity index (χ4v) is 1.27. The molecule has 0 aromatic carbocycles. The monoisotopic (exact) mass is 248 g/mol. The van der Waals surface area contributed by atoms with E-state index in [2.05, 4.69) is 9.72 Å². The molecule has 1 heterocycles. The number of esters is 1. The van der Waals surface area contributed by atoms with Crippen LogP contribution in [0.15, 0.2) is 6.07 Å². The lowest BCUT2D eigenvalue weighted by Crippen LogP contribution is -2.13. The third kappa shape index (κ3) is 3.16. The van der Waals surface area contributed by atoms with E-state index in [1.165, 1.54) is 0 Å². The molecule has 0 amide bonds. The van der Waals surface area contributed by atoms with Gasteiger partial charge < -0.3 is 10.5 Å². The minimum Gasteiger partial charge on any atom is -0.469 e. The second-order valence-electron chi connectivity index (χ2n) is 3.21. The molecule has 0 aliphatic carbocycles. The average molecular weight is 248 g/mol. The number of pyridine rings is 1. The summed E-state index contributed by atoms with van der Waals surface area (Å²) in [5, 5.41) is 0. The molecule has 1 aromatic rings. The fourth-order valence-electron chi connectivity index (χ4n) is 1.27. The van der Waals surface area contributed by atoms with E-state index in [0.29, 0.717) is 6.07 Å². The molecule has 0 spiro atoms. The van der Waals surface area contributed by atoms with Crippen LogP contribution < -0.4 is 5.73 Å². The van der Waals surface area contributed by atoms with Crippen LogP contribution in [0.3, 0.4) is 0 Å². The Morgan fingerprint density at radius 2 is 2.18 bits per heavy atom. The number of aromatic nitrogens is 1. The lowest BCUT2D eigenvalue weighted by molar-refractivity contribution is -0.139. The van der Waals surface area contributed by atoms with Gasteiger partial charge in [-0.2, -0.15) is 0 Å². The van der Waals surface area contributed by atoms with Crippen molar-refractivity contribution in [2.45, 2.75) is 19.4 Å². The first-order chi connectivity index (χ1) is 7.99. The van der Waals surface area contributed by atoms with Crippen LogP contribution in [0.25, 0.3) is 0 Å². The summed E-state index contributed by atoms with van der Waals surface area (Å²) in [6.07, 6.45) is -3.28. The highest BCUT2D eigenvalue weighted by Gasteiger charge is 2.19. The average Bonchev–Trinajstić information content (AvgIpc) is 2.30. The molecule has 0 saturated heterocycles. The SMILES string of the molecule is COC(=O)Cc1nc(CN)c(C(F)F)cc1F. The van der Waals surface area contributed by atoms with Crippen LogP contribution in [0.4, 0.5) is 13.2 Å². The third-order valence-electron chi connectivity index (χ3n) is 2.13. The van der Waals surface area contributed by atoms with Crippen LogP contribution in [0, 0.1) is 5.82 Å². The number of rotatable bonds is 4. The minimum atomic E-state index is -2.86. The van der Waals surface area contributed by atoms with Gasteiger partial charge in [0.05, 0.1) is 24.9 Å². The molecule has 1 aromatic heterocycles. The van der Waals surface area contributed by atoms with Crippen LogP contribution in [0.2, 0.25) is 0 Å². The lowest BCUT2D eigenvalue weighted by Gasteiger charge is -2.09. The van der Waals surface area contributed by atoms with Crippen molar-refractivity contribution >= 4 is 5.97 Å². The molecule has 0 aliphatic heterocycles. The Balaban J connectivity index is 3.13. The first kappa shape index (κ1) is 13.4. The molecule has 0 bridgehead atoms. The number of carbonyl (C=O) groups excluding carboxylic acids is 1. The second kappa shape index (κ2) is 5.62. The smallest absolute Gasteiger partial charge is 0.311 e. The Bertz CT molecular complexity index is 424. The molecule has 0 unspecified atom stereocenters. The number of nitrogens with two attached hydrogens (primary N) is 1. The number of hydrogen-bond donors (Lipinski definition) is 1. The van der Waals surface area contributed by atoms with E-state index in [9.17, 15) is 18.0 Å². The number of ether oxygens (including phenoxy) is 1. The van der Waals surface area contributed by atoms with Crippen molar-refractivity contribution in [3.63, 3.8) is 0 Å². The molecule has 0 fully saturated rings. The number of carbonyl (C=O) groups is 1. The van der Waals surface area contributed by atoms with E-state index in [1.54, 1.807) is 0 Å². The zero-order valence-corrected chi connectivity index (χ0v) is 9.04. The Morgan fingerprint density at radius 3 is 2.65 bits per heavy atom. The van der Waals surface area contributed by atoms with Crippen molar-refractivity contribution in [1.82, 2.24) is 4.98 Å². The van der Waals surface area contributed by atoms with Crippen LogP contribution >= 0.6 is 0 Å². The molecular weight excluding hydrogens is 237 g/mol. The van der Waals surface area contributed by atoms with Gasteiger partial charge in [0.2, 0.25) is 0 Å². The standard InChI is InChI=1S/C10H11F3N2O2/c1-17-9(16)3-7-6(11)2-5(10(12)13)8(4-14)15-7/h2,10H,3-4,14H2,1H3. The van der Waals surface area contributed by atoms with Crippen LogP contribution in [0.5, 0.6) is 0 Å². The van der Waals surface area contributed by atoms with Gasteiger partial charge in [-0.3, -0.25) is 9.78 Å². The summed E-state index contributed by atoms with van der Waals surface area (Å²) in [6.45, 7) is -0.256. The third-order valence-corrected chi connectivity index (χ3v) is 2.13. The number of hydrogen-bond acceptors (Lipinski definition) is 4. The summed E-state index contributed by atoms with van der Waals surface area (Å²) in [7, 11) is 1.14. The maximum Gasteiger partial charge on any atom is 0.311 e. The highest BCUT2D eigenvalue weighted by atomic mass is 19.3. The second-order valence-corrected chi connectivity index (χ2v) is 3.21. The van der Waals surface area contributed by atoms with E-state index < -0.39 is 30.2 Å². The molecule has 0 saturated carbocycles. The van der Waals surface area contributed by atoms with Crippen molar-refractivity contribution in [3.8, 4) is 0 Å². The normalized spacial score (nSPS) is 10.7. The summed E-state index contributed by atoms with van der Waals surface area (Å²) < 4.78 is 42.7. The first-order valence-electron chi connectivity index (χ1n) is 4.72. The quantitative estimate of drug-likeness (QED) is 0.816. The van der Waals surface area contributed by atoms with Crippen molar-refractivity contribution in [2.75, 3.05) is 7.11 Å². The summed E-state index contributed by atoms with van der Waals surface area (Å²) in [6, 6.07) is 0.651. The Morgan fingerprint density at radius 1 is 1.53 bits per heavy atom. The van der Waals surface area contributed by atoms with Gasteiger partial charge in [-0.25, -0.2) is 13.2 Å². The number of halogens is 3. The molecule has 7 heteroatoms. The maximum absolute atomic E-state index is 13.4. The topological polar surface area (TPSA) is 65.2 Å². The van der Waals surface area contributed by atoms with E-state index in [4.69, 9.17) is 5.73 Å². The summed E-state index contributed by atoms with van der Waals surface area (Å²) in [5.41, 5.74) is 4.31. The number of alkyl halides is 2. The van der Waals surface area contributed by atoms with Crippen molar-refractivity contribution in [3.05, 3.63) is 28.8 Å². The number of nitrogens with zero attached hydrogens (tertiary/aromatic N) is 1. The molecule has 2 N–H and O–H groups in total. The van der Waals surface area contributed by atoms with Crippen LogP contribution in [-0.2, 0) is 22.5 Å². The van der Waals surface area contributed by atoms with E-state index in [0.717, 1.165) is 7.11 Å². The lowest BCUT2D eigenvalue weighted by atomic mass is 10.1. The van der Waals surface area contributed by atoms with Gasteiger partial charge in [0, 0.05) is 12.1 Å². The van der Waals surface area contributed by atoms with E-state index >= 15 is 0 Å². The summed E-state index contributed by atoms with van der Waals surface area (Å²) in [5.74, 6) is -1.67. The van der Waals surface area contributed by atoms with Gasteiger partial charge >= 0.3 is 5.97 Å². The largest absolute Gasteiger partial charge is 0.469 e. The summed E-state index contributed by atoms with van der Waals surface area (Å²) in [4.78, 5) is 14.6. The zero-order valence-electron chi connectivity index (χ0n) is 9.04. The van der Waals surface area contributed by atoms with Gasteiger partial charge in [-0.15, -0.1) is 0 Å². The van der Waals surface area contributed by atoms with E-state index in [-0.39, 0.29) is 17.9 Å². The van der Waals surface area contributed by atoms with Gasteiger partial charge in [0.25, 0.3) is 6.43 Å². The number of methoxy groups -OCH3 is 1. The highest BCUT2D eigenvalue weighted by molar-refractivity contribution is 5.71. The highest BCUT2D eigenvalue weighted by Crippen LogP contribution is 2.23. The molecule has 4 nitrogen and oxygen atoms in total. The van der Waals surface area contributed by atoms with E-state index in [1.807, 2.05) is 0 Å². The molecule has 17 heavy (non-hydrogen) atoms. The maximum atomic E-state index is 13.4. The van der Waals surface area contributed by atoms with Crippen LogP contribution in [-0.4, -0.2) is 18.1 Å². The molecule has 0 radical (unpaired) electrons. The summed E-state index contributed by atoms with van der Waals surface area (Å²) >= 11 is 0. The Hall–Kier alpha value is -1.63. The van der Waals surface area contributed by atoms with Gasteiger partial charge in [-0.05, 0) is 6.07 Å². The fraction of sp³-hybridized carbons (Fsp3) is 0.400. The van der Waals surface area contributed by atoms with Crippen molar-refractivity contribution in [1.29, 1.82) is 0 Å². The Kier molecular flexibility index (Phi) is 4.45. The van der Waals surface area contributed by atoms with Crippen LogP contribution in [0.1, 0.15) is 23.4 Å². The molecule has 0 aliphatic rings.